The number of rotatable bonds is 4. The second-order valence-corrected chi connectivity index (χ2v) is 5.93. The summed E-state index contributed by atoms with van der Waals surface area (Å²) in [6, 6.07) is 6.23. The van der Waals surface area contributed by atoms with E-state index in [0.717, 1.165) is 24.3 Å². The lowest BCUT2D eigenvalue weighted by atomic mass is 9.85. The van der Waals surface area contributed by atoms with Gasteiger partial charge in [-0.2, -0.15) is 0 Å². The molecule has 1 fully saturated rings. The van der Waals surface area contributed by atoms with Crippen molar-refractivity contribution < 1.29 is 14.2 Å². The Morgan fingerprint density at radius 3 is 2.47 bits per heavy atom. The highest BCUT2D eigenvalue weighted by Crippen LogP contribution is 2.35. The molecule has 0 radical (unpaired) electrons. The van der Waals surface area contributed by atoms with Crippen molar-refractivity contribution in [1.82, 2.24) is 0 Å². The zero-order valence-corrected chi connectivity index (χ0v) is 12.4. The van der Waals surface area contributed by atoms with Gasteiger partial charge in [0, 0.05) is 5.56 Å². The molecule has 1 aliphatic rings. The van der Waals surface area contributed by atoms with Crippen molar-refractivity contribution in [1.29, 1.82) is 0 Å². The minimum Gasteiger partial charge on any atom is -0.493 e. The fourth-order valence-corrected chi connectivity index (χ4v) is 2.17. The van der Waals surface area contributed by atoms with E-state index in [9.17, 15) is 0 Å². The van der Waals surface area contributed by atoms with Gasteiger partial charge in [-0.15, -0.1) is 0 Å². The molecule has 0 saturated carbocycles. The Bertz CT molecular complexity index is 414. The van der Waals surface area contributed by atoms with Gasteiger partial charge in [0.1, 0.15) is 5.75 Å². The van der Waals surface area contributed by atoms with Crippen LogP contribution in [0.4, 0.5) is 0 Å². The average molecular weight is 264 g/mol. The Hall–Kier alpha value is -1.06. The molecule has 0 aromatic heterocycles. The molecule has 0 amide bonds. The van der Waals surface area contributed by atoms with Gasteiger partial charge in [0.05, 0.1) is 19.8 Å². The first-order chi connectivity index (χ1) is 9.02. The number of ether oxygens (including phenoxy) is 3. The van der Waals surface area contributed by atoms with Gasteiger partial charge in [0.2, 0.25) is 0 Å². The molecule has 0 aliphatic carbocycles. The zero-order chi connectivity index (χ0) is 13.9. The van der Waals surface area contributed by atoms with Crippen LogP contribution in [0.5, 0.6) is 5.75 Å². The maximum Gasteiger partial charge on any atom is 0.184 e. The minimum absolute atomic E-state index is 0.0394. The molecular formula is C16H24O3. The van der Waals surface area contributed by atoms with E-state index in [2.05, 4.69) is 33.8 Å². The van der Waals surface area contributed by atoms with Gasteiger partial charge in [-0.05, 0) is 29.5 Å². The maximum atomic E-state index is 5.85. The highest BCUT2D eigenvalue weighted by molar-refractivity contribution is 5.42. The molecule has 0 atom stereocenters. The Kier molecular flexibility index (Phi) is 4.48. The van der Waals surface area contributed by atoms with Crippen LogP contribution in [0.15, 0.2) is 18.2 Å². The molecule has 1 aromatic rings. The lowest BCUT2D eigenvalue weighted by Gasteiger charge is -2.24. The van der Waals surface area contributed by atoms with E-state index in [0.29, 0.717) is 13.2 Å². The summed E-state index contributed by atoms with van der Waals surface area (Å²) in [5, 5.41) is 0. The molecule has 1 saturated heterocycles. The molecule has 0 spiro atoms. The minimum atomic E-state index is -0.221. The lowest BCUT2D eigenvalue weighted by molar-refractivity contribution is -0.0442. The lowest BCUT2D eigenvalue weighted by Crippen LogP contribution is -2.15. The summed E-state index contributed by atoms with van der Waals surface area (Å²) in [4.78, 5) is 0. The second-order valence-electron chi connectivity index (χ2n) is 5.93. The highest BCUT2D eigenvalue weighted by atomic mass is 16.7. The number of hydrogen-bond acceptors (Lipinski definition) is 3. The van der Waals surface area contributed by atoms with Crippen molar-refractivity contribution >= 4 is 0 Å². The van der Waals surface area contributed by atoms with Gasteiger partial charge >= 0.3 is 0 Å². The van der Waals surface area contributed by atoms with Crippen LogP contribution in [0.2, 0.25) is 0 Å². The van der Waals surface area contributed by atoms with Gasteiger partial charge in [-0.3, -0.25) is 0 Å². The van der Waals surface area contributed by atoms with Crippen molar-refractivity contribution in [2.75, 3.05) is 19.8 Å². The van der Waals surface area contributed by atoms with E-state index in [1.165, 1.54) is 5.56 Å². The van der Waals surface area contributed by atoms with Crippen LogP contribution in [-0.4, -0.2) is 19.8 Å². The molecule has 1 aromatic carbocycles. The number of benzene rings is 1. The molecule has 1 aliphatic heterocycles. The molecular weight excluding hydrogens is 240 g/mol. The summed E-state index contributed by atoms with van der Waals surface area (Å²) in [6.07, 6.45) is 0.793. The molecule has 1 heterocycles. The van der Waals surface area contributed by atoms with E-state index in [1.54, 1.807) is 0 Å². The Balaban J connectivity index is 2.29. The predicted octanol–water partition coefficient (Wildman–Crippen LogP) is 3.82. The quantitative estimate of drug-likeness (QED) is 0.827. The van der Waals surface area contributed by atoms with Crippen molar-refractivity contribution in [2.24, 2.45) is 0 Å². The standard InChI is InChI=1S/C16H24O3/c1-5-8-17-14-7-6-12(15-18-9-10-19-15)11-13(14)16(2,3)4/h6-7,11,15H,5,8-10H2,1-4H3. The van der Waals surface area contributed by atoms with Crippen LogP contribution in [0.1, 0.15) is 51.5 Å². The van der Waals surface area contributed by atoms with Gasteiger partial charge in [0.15, 0.2) is 6.29 Å². The van der Waals surface area contributed by atoms with Gasteiger partial charge in [0.25, 0.3) is 0 Å². The highest BCUT2D eigenvalue weighted by Gasteiger charge is 2.24. The van der Waals surface area contributed by atoms with Crippen LogP contribution in [-0.2, 0) is 14.9 Å². The summed E-state index contributed by atoms with van der Waals surface area (Å²) < 4.78 is 17.0. The number of hydrogen-bond donors (Lipinski definition) is 0. The maximum absolute atomic E-state index is 5.85. The van der Waals surface area contributed by atoms with Crippen LogP contribution in [0.25, 0.3) is 0 Å². The summed E-state index contributed by atoms with van der Waals surface area (Å²) >= 11 is 0. The summed E-state index contributed by atoms with van der Waals surface area (Å²) in [5.41, 5.74) is 2.32. The summed E-state index contributed by atoms with van der Waals surface area (Å²) in [6.45, 7) is 10.8. The van der Waals surface area contributed by atoms with E-state index >= 15 is 0 Å². The molecule has 0 unspecified atom stereocenters. The molecule has 106 valence electrons. The van der Waals surface area contributed by atoms with Gasteiger partial charge in [-0.25, -0.2) is 0 Å². The van der Waals surface area contributed by atoms with Crippen LogP contribution < -0.4 is 4.74 Å². The SMILES string of the molecule is CCCOc1ccc(C2OCCO2)cc1C(C)(C)C. The fourth-order valence-electron chi connectivity index (χ4n) is 2.17. The smallest absolute Gasteiger partial charge is 0.184 e. The molecule has 3 heteroatoms. The third-order valence-corrected chi connectivity index (χ3v) is 3.17. The van der Waals surface area contributed by atoms with Crippen molar-refractivity contribution in [3.8, 4) is 5.75 Å². The van der Waals surface area contributed by atoms with E-state index in [4.69, 9.17) is 14.2 Å². The Labute approximate surface area is 115 Å². The molecule has 0 N–H and O–H groups in total. The monoisotopic (exact) mass is 264 g/mol. The van der Waals surface area contributed by atoms with Crippen LogP contribution in [0, 0.1) is 0 Å². The summed E-state index contributed by atoms with van der Waals surface area (Å²) in [5.74, 6) is 0.969. The first-order valence-corrected chi connectivity index (χ1v) is 7.03. The molecule has 2 rings (SSSR count). The molecule has 3 nitrogen and oxygen atoms in total. The van der Waals surface area contributed by atoms with Gasteiger partial charge < -0.3 is 14.2 Å². The fraction of sp³-hybridized carbons (Fsp3) is 0.625. The zero-order valence-electron chi connectivity index (χ0n) is 12.4. The third kappa shape index (κ3) is 3.48. The normalized spacial score (nSPS) is 16.8. The van der Waals surface area contributed by atoms with Crippen LogP contribution in [0.3, 0.4) is 0 Å². The Morgan fingerprint density at radius 1 is 1.21 bits per heavy atom. The van der Waals surface area contributed by atoms with Crippen molar-refractivity contribution in [3.63, 3.8) is 0 Å². The Morgan fingerprint density at radius 2 is 1.89 bits per heavy atom. The first-order valence-electron chi connectivity index (χ1n) is 7.03. The van der Waals surface area contributed by atoms with Gasteiger partial charge in [-0.1, -0.05) is 33.8 Å². The third-order valence-electron chi connectivity index (χ3n) is 3.17. The van der Waals surface area contributed by atoms with Crippen molar-refractivity contribution in [3.05, 3.63) is 29.3 Å². The summed E-state index contributed by atoms with van der Waals surface area (Å²) in [7, 11) is 0. The predicted molar refractivity (Wildman–Crippen MR) is 75.6 cm³/mol. The topological polar surface area (TPSA) is 27.7 Å². The average Bonchev–Trinajstić information content (AvgIpc) is 2.89. The molecule has 0 bridgehead atoms. The van der Waals surface area contributed by atoms with Crippen molar-refractivity contribution in [2.45, 2.75) is 45.8 Å². The second kappa shape index (κ2) is 5.93. The van der Waals surface area contributed by atoms with E-state index in [-0.39, 0.29) is 11.7 Å². The van der Waals surface area contributed by atoms with E-state index in [1.807, 2.05) is 12.1 Å². The van der Waals surface area contributed by atoms with E-state index < -0.39 is 0 Å². The molecule has 19 heavy (non-hydrogen) atoms. The first kappa shape index (κ1) is 14.4. The van der Waals surface area contributed by atoms with Crippen LogP contribution >= 0.6 is 0 Å². The largest absolute Gasteiger partial charge is 0.493 e.